The van der Waals surface area contributed by atoms with Gasteiger partial charge in [-0.15, -0.1) is 11.3 Å². The SMILES string of the molecule is CN(C[C@H]1CCCN2CCCC[C@@H]12)C(=O)c1cc2ccc(Cl)cc2s1. The molecule has 2 atom stereocenters. The van der Waals surface area contributed by atoms with E-state index in [2.05, 4.69) is 4.90 Å². The van der Waals surface area contributed by atoms with E-state index in [0.29, 0.717) is 12.0 Å². The van der Waals surface area contributed by atoms with Crippen LogP contribution in [0.3, 0.4) is 0 Å². The lowest BCUT2D eigenvalue weighted by Gasteiger charge is -2.45. The maximum absolute atomic E-state index is 12.9. The minimum atomic E-state index is 0.144. The standard InChI is InChI=1S/C20H25ClN2OS/c1-22(13-15-5-4-10-23-9-3-2-6-17(15)23)20(24)19-11-14-7-8-16(21)12-18(14)25-19/h7-8,11-12,15,17H,2-6,9-10,13H2,1H3/t15-,17+/m1/s1. The van der Waals surface area contributed by atoms with Crippen LogP contribution in [0.4, 0.5) is 0 Å². The molecule has 0 unspecified atom stereocenters. The van der Waals surface area contributed by atoms with Crippen LogP contribution in [0.25, 0.3) is 10.1 Å². The first-order valence-electron chi connectivity index (χ1n) is 9.30. The summed E-state index contributed by atoms with van der Waals surface area (Å²) in [6.45, 7) is 3.36. The predicted octanol–water partition coefficient (Wildman–Crippen LogP) is 4.89. The van der Waals surface area contributed by atoms with Crippen molar-refractivity contribution in [1.82, 2.24) is 9.80 Å². The molecular weight excluding hydrogens is 352 g/mol. The summed E-state index contributed by atoms with van der Waals surface area (Å²) in [4.78, 5) is 18.3. The molecule has 25 heavy (non-hydrogen) atoms. The van der Waals surface area contributed by atoms with E-state index in [4.69, 9.17) is 11.6 Å². The van der Waals surface area contributed by atoms with E-state index in [-0.39, 0.29) is 5.91 Å². The Balaban J connectivity index is 1.47. The van der Waals surface area contributed by atoms with Crippen molar-refractivity contribution >= 4 is 38.9 Å². The van der Waals surface area contributed by atoms with E-state index in [1.807, 2.05) is 36.2 Å². The van der Waals surface area contributed by atoms with Crippen LogP contribution < -0.4 is 0 Å². The Morgan fingerprint density at radius 1 is 1.24 bits per heavy atom. The van der Waals surface area contributed by atoms with Crippen molar-refractivity contribution < 1.29 is 4.79 Å². The first kappa shape index (κ1) is 17.3. The van der Waals surface area contributed by atoms with Gasteiger partial charge in [-0.25, -0.2) is 0 Å². The van der Waals surface area contributed by atoms with E-state index in [9.17, 15) is 4.79 Å². The number of carbonyl (C=O) groups excluding carboxylic acids is 1. The van der Waals surface area contributed by atoms with Crippen molar-refractivity contribution in [3.63, 3.8) is 0 Å². The zero-order valence-corrected chi connectivity index (χ0v) is 16.3. The summed E-state index contributed by atoms with van der Waals surface area (Å²) in [6, 6.07) is 8.50. The molecule has 4 rings (SSSR count). The van der Waals surface area contributed by atoms with Crippen molar-refractivity contribution in [2.75, 3.05) is 26.7 Å². The third-order valence-corrected chi connectivity index (χ3v) is 7.10. The monoisotopic (exact) mass is 376 g/mol. The molecule has 2 aliphatic heterocycles. The number of carbonyl (C=O) groups is 1. The number of amides is 1. The average molecular weight is 377 g/mol. The number of nitrogens with zero attached hydrogens (tertiary/aromatic N) is 2. The van der Waals surface area contributed by atoms with Crippen LogP contribution in [0.15, 0.2) is 24.3 Å². The van der Waals surface area contributed by atoms with Crippen LogP contribution in [0.1, 0.15) is 41.8 Å². The average Bonchev–Trinajstić information content (AvgIpc) is 3.04. The summed E-state index contributed by atoms with van der Waals surface area (Å²) in [7, 11) is 1.96. The van der Waals surface area contributed by atoms with Crippen molar-refractivity contribution in [2.45, 2.75) is 38.1 Å². The van der Waals surface area contributed by atoms with Gasteiger partial charge in [0.25, 0.3) is 5.91 Å². The zero-order valence-electron chi connectivity index (χ0n) is 14.7. The summed E-state index contributed by atoms with van der Waals surface area (Å²) in [5.41, 5.74) is 0. The molecule has 1 aromatic carbocycles. The molecule has 0 radical (unpaired) electrons. The molecule has 0 saturated carbocycles. The van der Waals surface area contributed by atoms with Crippen LogP contribution >= 0.6 is 22.9 Å². The molecular formula is C20H25ClN2OS. The van der Waals surface area contributed by atoms with Crippen molar-refractivity contribution in [2.24, 2.45) is 5.92 Å². The second-order valence-electron chi connectivity index (χ2n) is 7.48. The molecule has 5 heteroatoms. The number of thiophene rings is 1. The maximum atomic E-state index is 12.9. The number of piperidine rings is 2. The smallest absolute Gasteiger partial charge is 0.263 e. The fraction of sp³-hybridized carbons (Fsp3) is 0.550. The molecule has 2 aromatic rings. The maximum Gasteiger partial charge on any atom is 0.263 e. The van der Waals surface area contributed by atoms with Crippen molar-refractivity contribution in [3.05, 3.63) is 34.2 Å². The third kappa shape index (κ3) is 3.57. The number of fused-ring (bicyclic) bond motifs is 2. The molecule has 3 nitrogen and oxygen atoms in total. The molecule has 0 bridgehead atoms. The second kappa shape index (κ2) is 7.26. The Labute approximate surface area is 158 Å². The van der Waals surface area contributed by atoms with E-state index < -0.39 is 0 Å². The van der Waals surface area contributed by atoms with Crippen LogP contribution in [0.5, 0.6) is 0 Å². The van der Waals surface area contributed by atoms with Crippen molar-refractivity contribution in [1.29, 1.82) is 0 Å². The van der Waals surface area contributed by atoms with Crippen LogP contribution in [0.2, 0.25) is 5.02 Å². The molecule has 1 amide bonds. The Kier molecular flexibility index (Phi) is 5.03. The minimum absolute atomic E-state index is 0.144. The minimum Gasteiger partial charge on any atom is -0.341 e. The fourth-order valence-electron chi connectivity index (χ4n) is 4.52. The normalized spacial score (nSPS) is 24.2. The first-order valence-corrected chi connectivity index (χ1v) is 10.5. The molecule has 3 heterocycles. The lowest BCUT2D eigenvalue weighted by atomic mass is 9.83. The van der Waals surface area contributed by atoms with Crippen LogP contribution in [0, 0.1) is 5.92 Å². The number of hydrogen-bond donors (Lipinski definition) is 0. The van der Waals surface area contributed by atoms with Gasteiger partial charge in [0, 0.05) is 29.4 Å². The van der Waals surface area contributed by atoms with Gasteiger partial charge >= 0.3 is 0 Å². The van der Waals surface area contributed by atoms with Gasteiger partial charge in [-0.2, -0.15) is 0 Å². The molecule has 0 N–H and O–H groups in total. The number of hydrogen-bond acceptors (Lipinski definition) is 3. The van der Waals surface area contributed by atoms with Crippen LogP contribution in [-0.4, -0.2) is 48.4 Å². The first-order chi connectivity index (χ1) is 12.1. The molecule has 0 aliphatic carbocycles. The summed E-state index contributed by atoms with van der Waals surface area (Å²) in [5.74, 6) is 0.761. The van der Waals surface area contributed by atoms with Gasteiger partial charge in [0.05, 0.1) is 4.88 Å². The third-order valence-electron chi connectivity index (χ3n) is 5.78. The highest BCUT2D eigenvalue weighted by atomic mass is 35.5. The summed E-state index contributed by atoms with van der Waals surface area (Å²) >= 11 is 7.62. The van der Waals surface area contributed by atoms with Gasteiger partial charge in [-0.1, -0.05) is 24.1 Å². The lowest BCUT2D eigenvalue weighted by molar-refractivity contribution is 0.0404. The Morgan fingerprint density at radius 3 is 2.96 bits per heavy atom. The molecule has 1 aromatic heterocycles. The Bertz CT molecular complexity index is 772. The predicted molar refractivity (Wildman–Crippen MR) is 106 cm³/mol. The Morgan fingerprint density at radius 2 is 2.08 bits per heavy atom. The lowest BCUT2D eigenvalue weighted by Crippen LogP contribution is -2.51. The van der Waals surface area contributed by atoms with Gasteiger partial charge in [0.2, 0.25) is 0 Å². The quantitative estimate of drug-likeness (QED) is 0.761. The fourth-order valence-corrected chi connectivity index (χ4v) is 5.86. The summed E-state index contributed by atoms with van der Waals surface area (Å²) in [6.07, 6.45) is 6.49. The molecule has 2 saturated heterocycles. The highest BCUT2D eigenvalue weighted by molar-refractivity contribution is 7.20. The highest BCUT2D eigenvalue weighted by Gasteiger charge is 2.34. The van der Waals surface area contributed by atoms with Gasteiger partial charge in [0.1, 0.15) is 0 Å². The van der Waals surface area contributed by atoms with Gasteiger partial charge in [-0.05, 0) is 68.3 Å². The largest absolute Gasteiger partial charge is 0.341 e. The van der Waals surface area contributed by atoms with E-state index >= 15 is 0 Å². The number of rotatable bonds is 3. The topological polar surface area (TPSA) is 23.6 Å². The highest BCUT2D eigenvalue weighted by Crippen LogP contribution is 2.32. The van der Waals surface area contributed by atoms with Crippen LogP contribution in [-0.2, 0) is 0 Å². The molecule has 2 aliphatic rings. The summed E-state index contributed by atoms with van der Waals surface area (Å²) < 4.78 is 1.08. The van der Waals surface area contributed by atoms with E-state index in [1.54, 1.807) is 11.3 Å². The van der Waals surface area contributed by atoms with E-state index in [1.165, 1.54) is 45.2 Å². The van der Waals surface area contributed by atoms with Crippen molar-refractivity contribution in [3.8, 4) is 0 Å². The van der Waals surface area contributed by atoms with Gasteiger partial charge in [-0.3, -0.25) is 4.79 Å². The zero-order chi connectivity index (χ0) is 17.4. The molecule has 2 fully saturated rings. The summed E-state index contributed by atoms with van der Waals surface area (Å²) in [5, 5.41) is 1.82. The van der Waals surface area contributed by atoms with Gasteiger partial charge in [0.15, 0.2) is 0 Å². The van der Waals surface area contributed by atoms with Gasteiger partial charge < -0.3 is 9.80 Å². The van der Waals surface area contributed by atoms with E-state index in [0.717, 1.165) is 26.5 Å². The number of benzene rings is 1. The second-order valence-corrected chi connectivity index (χ2v) is 9.00. The number of halogens is 1. The molecule has 0 spiro atoms. The Hall–Kier alpha value is -1.10. The molecule has 134 valence electrons.